The second-order valence-corrected chi connectivity index (χ2v) is 3.26. The topological polar surface area (TPSA) is 94.9 Å². The minimum absolute atomic E-state index is 0.222. The van der Waals surface area contributed by atoms with E-state index >= 15 is 0 Å². The summed E-state index contributed by atoms with van der Waals surface area (Å²) in [5.41, 5.74) is 0. The van der Waals surface area contributed by atoms with E-state index in [-0.39, 0.29) is 18.7 Å². The highest BCUT2D eigenvalue weighted by molar-refractivity contribution is 6.06. The molecule has 1 amide bonds. The molecule has 1 heterocycles. The van der Waals surface area contributed by atoms with Crippen molar-refractivity contribution in [2.24, 2.45) is 0 Å². The first-order valence-corrected chi connectivity index (χ1v) is 4.15. The Morgan fingerprint density at radius 2 is 2.07 bits per heavy atom. The summed E-state index contributed by atoms with van der Waals surface area (Å²) in [6, 6.07) is -1.33. The lowest BCUT2D eigenvalue weighted by atomic mass is 10.1. The van der Waals surface area contributed by atoms with Crippen LogP contribution in [0.4, 0.5) is 0 Å². The van der Waals surface area contributed by atoms with Crippen molar-refractivity contribution in [3.63, 3.8) is 0 Å². The van der Waals surface area contributed by atoms with Crippen LogP contribution < -0.4 is 0 Å². The van der Waals surface area contributed by atoms with Gasteiger partial charge in [-0.05, 0) is 6.92 Å². The van der Waals surface area contributed by atoms with Crippen molar-refractivity contribution in [2.45, 2.75) is 25.5 Å². The fraction of sp³-hybridized carbons (Fsp3) is 0.625. The summed E-state index contributed by atoms with van der Waals surface area (Å²) in [5.74, 6) is -2.16. The Bertz CT molecular complexity index is 285. The first kappa shape index (κ1) is 10.6. The fourth-order valence-electron chi connectivity index (χ4n) is 1.46. The number of aliphatic hydroxyl groups excluding tert-OH is 1. The Kier molecular flexibility index (Phi) is 2.85. The lowest BCUT2D eigenvalue weighted by Crippen LogP contribution is -2.48. The number of nitrogens with zero attached hydrogens (tertiary/aromatic N) is 1. The van der Waals surface area contributed by atoms with Gasteiger partial charge in [0.05, 0.1) is 19.1 Å². The standard InChI is InChI=1S/C8H11NO5/c1-4(10)7(8(13)14)9-3-5(11)2-6(9)12/h4,7,10H,2-3H2,1H3,(H,13,14)/t4-,7-/m0/s1. The molecule has 0 saturated carbocycles. The predicted octanol–water partition coefficient (Wildman–Crippen LogP) is -1.38. The van der Waals surface area contributed by atoms with E-state index in [9.17, 15) is 14.4 Å². The number of hydrogen-bond acceptors (Lipinski definition) is 4. The van der Waals surface area contributed by atoms with E-state index < -0.39 is 24.0 Å². The number of carboxylic acids is 1. The molecule has 0 bridgehead atoms. The number of hydrogen-bond donors (Lipinski definition) is 2. The number of Topliss-reactive ketones (excluding diaryl/α,β-unsaturated/α-hetero) is 1. The Balaban J connectivity index is 2.84. The summed E-state index contributed by atoms with van der Waals surface area (Å²) in [5, 5.41) is 17.9. The molecule has 1 saturated heterocycles. The van der Waals surface area contributed by atoms with E-state index in [1.807, 2.05) is 0 Å². The van der Waals surface area contributed by atoms with E-state index in [4.69, 9.17) is 10.2 Å². The van der Waals surface area contributed by atoms with Crippen LogP contribution in [-0.2, 0) is 14.4 Å². The molecule has 2 atom stereocenters. The summed E-state index contributed by atoms with van der Waals surface area (Å²) < 4.78 is 0. The normalized spacial score (nSPS) is 21.1. The highest BCUT2D eigenvalue weighted by Gasteiger charge is 2.39. The number of carboxylic acid groups (broad SMARTS) is 1. The van der Waals surface area contributed by atoms with Crippen LogP contribution in [0.25, 0.3) is 0 Å². The Hall–Kier alpha value is -1.43. The lowest BCUT2D eigenvalue weighted by molar-refractivity contribution is -0.152. The van der Waals surface area contributed by atoms with Gasteiger partial charge in [-0.1, -0.05) is 0 Å². The summed E-state index contributed by atoms with van der Waals surface area (Å²) >= 11 is 0. The highest BCUT2D eigenvalue weighted by atomic mass is 16.4. The summed E-state index contributed by atoms with van der Waals surface area (Å²) in [6.45, 7) is 1.05. The number of aliphatic carboxylic acids is 1. The number of ketones is 1. The predicted molar refractivity (Wildman–Crippen MR) is 44.4 cm³/mol. The maximum atomic E-state index is 11.2. The van der Waals surface area contributed by atoms with Crippen molar-refractivity contribution in [2.75, 3.05) is 6.54 Å². The van der Waals surface area contributed by atoms with Crippen LogP contribution in [0.2, 0.25) is 0 Å². The Labute approximate surface area is 80.1 Å². The van der Waals surface area contributed by atoms with Gasteiger partial charge in [0.2, 0.25) is 5.91 Å². The molecule has 6 nitrogen and oxygen atoms in total. The molecule has 0 spiro atoms. The van der Waals surface area contributed by atoms with E-state index in [0.29, 0.717) is 0 Å². The number of aliphatic hydroxyl groups is 1. The Morgan fingerprint density at radius 1 is 1.50 bits per heavy atom. The highest BCUT2D eigenvalue weighted by Crippen LogP contribution is 2.14. The number of likely N-dealkylation sites (tertiary alicyclic amines) is 1. The molecule has 0 aliphatic carbocycles. The average Bonchev–Trinajstić information content (AvgIpc) is 2.29. The number of amides is 1. The van der Waals surface area contributed by atoms with E-state index in [2.05, 4.69) is 0 Å². The van der Waals surface area contributed by atoms with Crippen molar-refractivity contribution in [3.05, 3.63) is 0 Å². The van der Waals surface area contributed by atoms with Gasteiger partial charge < -0.3 is 15.1 Å². The average molecular weight is 201 g/mol. The van der Waals surface area contributed by atoms with Gasteiger partial charge in [0, 0.05) is 0 Å². The molecule has 1 aliphatic heterocycles. The number of carbonyl (C=O) groups excluding carboxylic acids is 2. The second kappa shape index (κ2) is 3.75. The lowest BCUT2D eigenvalue weighted by Gasteiger charge is -2.25. The van der Waals surface area contributed by atoms with Gasteiger partial charge >= 0.3 is 5.97 Å². The van der Waals surface area contributed by atoms with Crippen LogP contribution in [-0.4, -0.2) is 51.5 Å². The zero-order valence-corrected chi connectivity index (χ0v) is 7.64. The van der Waals surface area contributed by atoms with Crippen LogP contribution in [0.1, 0.15) is 13.3 Å². The minimum Gasteiger partial charge on any atom is -0.480 e. The molecule has 2 N–H and O–H groups in total. The van der Waals surface area contributed by atoms with Gasteiger partial charge in [-0.2, -0.15) is 0 Å². The van der Waals surface area contributed by atoms with Gasteiger partial charge in [0.15, 0.2) is 11.8 Å². The molecule has 0 aromatic heterocycles. The third kappa shape index (κ3) is 1.90. The summed E-state index contributed by atoms with van der Waals surface area (Å²) in [6.07, 6.45) is -1.46. The molecule has 0 aromatic carbocycles. The van der Waals surface area contributed by atoms with Crippen molar-refractivity contribution in [1.29, 1.82) is 0 Å². The molecule has 0 radical (unpaired) electrons. The maximum Gasteiger partial charge on any atom is 0.329 e. The smallest absolute Gasteiger partial charge is 0.329 e. The first-order valence-electron chi connectivity index (χ1n) is 4.15. The number of rotatable bonds is 3. The zero-order valence-electron chi connectivity index (χ0n) is 7.64. The van der Waals surface area contributed by atoms with Gasteiger partial charge in [-0.3, -0.25) is 9.59 Å². The quantitative estimate of drug-likeness (QED) is 0.549. The monoisotopic (exact) mass is 201 g/mol. The van der Waals surface area contributed by atoms with Crippen molar-refractivity contribution < 1.29 is 24.6 Å². The zero-order chi connectivity index (χ0) is 10.9. The largest absolute Gasteiger partial charge is 0.480 e. The molecule has 14 heavy (non-hydrogen) atoms. The van der Waals surface area contributed by atoms with E-state index in [1.54, 1.807) is 0 Å². The fourth-order valence-corrected chi connectivity index (χ4v) is 1.46. The van der Waals surface area contributed by atoms with Crippen molar-refractivity contribution in [1.82, 2.24) is 4.90 Å². The molecule has 6 heteroatoms. The van der Waals surface area contributed by atoms with Crippen LogP contribution in [0.15, 0.2) is 0 Å². The maximum absolute atomic E-state index is 11.2. The molecule has 78 valence electrons. The van der Waals surface area contributed by atoms with Gasteiger partial charge in [-0.25, -0.2) is 4.79 Å². The molecule has 1 fully saturated rings. The molecular weight excluding hydrogens is 190 g/mol. The van der Waals surface area contributed by atoms with Crippen LogP contribution >= 0.6 is 0 Å². The second-order valence-electron chi connectivity index (χ2n) is 3.26. The molecular formula is C8H11NO5. The Morgan fingerprint density at radius 3 is 2.36 bits per heavy atom. The van der Waals surface area contributed by atoms with Crippen LogP contribution in [0.5, 0.6) is 0 Å². The number of carbonyl (C=O) groups is 3. The van der Waals surface area contributed by atoms with Gasteiger partial charge in [0.1, 0.15) is 0 Å². The third-order valence-corrected chi connectivity index (χ3v) is 2.06. The van der Waals surface area contributed by atoms with E-state index in [1.165, 1.54) is 6.92 Å². The van der Waals surface area contributed by atoms with Crippen LogP contribution in [0, 0.1) is 0 Å². The van der Waals surface area contributed by atoms with Gasteiger partial charge in [0.25, 0.3) is 0 Å². The third-order valence-electron chi connectivity index (χ3n) is 2.06. The van der Waals surface area contributed by atoms with Gasteiger partial charge in [-0.15, -0.1) is 0 Å². The summed E-state index contributed by atoms with van der Waals surface area (Å²) in [4.78, 5) is 33.7. The SMILES string of the molecule is C[C@H](O)[C@@H](C(=O)O)N1CC(=O)CC1=O. The van der Waals surface area contributed by atoms with Crippen molar-refractivity contribution in [3.8, 4) is 0 Å². The van der Waals surface area contributed by atoms with Crippen molar-refractivity contribution >= 4 is 17.7 Å². The molecule has 1 rings (SSSR count). The minimum atomic E-state index is -1.33. The van der Waals surface area contributed by atoms with Crippen LogP contribution in [0.3, 0.4) is 0 Å². The summed E-state index contributed by atoms with van der Waals surface area (Å²) in [7, 11) is 0. The van der Waals surface area contributed by atoms with E-state index in [0.717, 1.165) is 4.90 Å². The molecule has 0 unspecified atom stereocenters. The molecule has 1 aliphatic rings. The molecule has 0 aromatic rings. The first-order chi connectivity index (χ1) is 6.43.